The SMILES string of the molecule is c1ccc(-c2cccc(-n3c4ccccc4c4ccc(-c5ccc6c(c5)c5ccccc5n6-c5nc(-c6ccccc6)nc6c5oc5ccccc56)cc43)c2)cc1. The van der Waals surface area contributed by atoms with Crippen molar-refractivity contribution in [2.45, 2.75) is 0 Å². The summed E-state index contributed by atoms with van der Waals surface area (Å²) >= 11 is 0. The molecule has 12 rings (SSSR count). The molecule has 12 aromatic rings. The van der Waals surface area contributed by atoms with E-state index in [9.17, 15) is 0 Å². The van der Waals surface area contributed by atoms with E-state index in [-0.39, 0.29) is 0 Å². The van der Waals surface area contributed by atoms with E-state index in [0.29, 0.717) is 11.4 Å². The molecule has 4 aromatic heterocycles. The van der Waals surface area contributed by atoms with Crippen LogP contribution in [-0.4, -0.2) is 19.1 Å². The Labute approximate surface area is 327 Å². The third kappa shape index (κ3) is 4.89. The molecule has 4 heterocycles. The fourth-order valence-corrected chi connectivity index (χ4v) is 8.71. The fourth-order valence-electron chi connectivity index (χ4n) is 8.71. The molecule has 0 bridgehead atoms. The molecular formula is C52H32N4O. The fraction of sp³-hybridized carbons (Fsp3) is 0. The highest BCUT2D eigenvalue weighted by molar-refractivity contribution is 6.14. The van der Waals surface area contributed by atoms with E-state index in [2.05, 4.69) is 167 Å². The Balaban J connectivity index is 1.07. The summed E-state index contributed by atoms with van der Waals surface area (Å²) in [5.74, 6) is 1.38. The summed E-state index contributed by atoms with van der Waals surface area (Å²) in [6.45, 7) is 0. The second-order valence-electron chi connectivity index (χ2n) is 14.6. The van der Waals surface area contributed by atoms with Crippen LogP contribution in [0.15, 0.2) is 199 Å². The number of fused-ring (bicyclic) bond motifs is 9. The number of benzene rings is 8. The van der Waals surface area contributed by atoms with Gasteiger partial charge in [0.1, 0.15) is 11.1 Å². The van der Waals surface area contributed by atoms with Gasteiger partial charge in [0, 0.05) is 38.2 Å². The van der Waals surface area contributed by atoms with Crippen LogP contribution in [0.4, 0.5) is 0 Å². The highest BCUT2D eigenvalue weighted by Crippen LogP contribution is 2.41. The lowest BCUT2D eigenvalue weighted by molar-refractivity contribution is 0.662. The maximum atomic E-state index is 6.59. The number of rotatable bonds is 5. The van der Waals surface area contributed by atoms with Crippen LogP contribution in [0.1, 0.15) is 0 Å². The van der Waals surface area contributed by atoms with Gasteiger partial charge in [0.2, 0.25) is 0 Å². The monoisotopic (exact) mass is 728 g/mol. The van der Waals surface area contributed by atoms with Crippen molar-refractivity contribution >= 4 is 65.7 Å². The molecule has 0 N–H and O–H groups in total. The normalized spacial score (nSPS) is 11.9. The van der Waals surface area contributed by atoms with E-state index in [4.69, 9.17) is 14.4 Å². The first kappa shape index (κ1) is 31.6. The van der Waals surface area contributed by atoms with Gasteiger partial charge in [-0.25, -0.2) is 9.97 Å². The summed E-state index contributed by atoms with van der Waals surface area (Å²) in [5, 5.41) is 5.72. The smallest absolute Gasteiger partial charge is 0.197 e. The third-order valence-corrected chi connectivity index (χ3v) is 11.3. The van der Waals surface area contributed by atoms with Gasteiger partial charge in [-0.05, 0) is 76.9 Å². The summed E-state index contributed by atoms with van der Waals surface area (Å²) < 4.78 is 11.2. The minimum atomic E-state index is 0.658. The maximum absolute atomic E-state index is 6.59. The molecule has 0 aliphatic rings. The molecule has 0 atom stereocenters. The lowest BCUT2D eigenvalue weighted by Crippen LogP contribution is -2.01. The zero-order valence-electron chi connectivity index (χ0n) is 30.7. The Morgan fingerprint density at radius 3 is 1.74 bits per heavy atom. The van der Waals surface area contributed by atoms with Gasteiger partial charge in [0.05, 0.1) is 22.1 Å². The van der Waals surface area contributed by atoms with Crippen LogP contribution in [0.2, 0.25) is 0 Å². The quantitative estimate of drug-likeness (QED) is 0.177. The van der Waals surface area contributed by atoms with Crippen molar-refractivity contribution in [3.8, 4) is 45.1 Å². The highest BCUT2D eigenvalue weighted by Gasteiger charge is 2.22. The van der Waals surface area contributed by atoms with Crippen molar-refractivity contribution < 1.29 is 4.42 Å². The molecule has 57 heavy (non-hydrogen) atoms. The summed E-state index contributed by atoms with van der Waals surface area (Å²) in [4.78, 5) is 10.4. The van der Waals surface area contributed by atoms with Gasteiger partial charge in [-0.3, -0.25) is 4.57 Å². The van der Waals surface area contributed by atoms with Crippen LogP contribution in [0.5, 0.6) is 0 Å². The molecule has 266 valence electrons. The number of nitrogens with zero attached hydrogens (tertiary/aromatic N) is 4. The largest absolute Gasteiger partial charge is 0.450 e. The summed E-state index contributed by atoms with van der Waals surface area (Å²) in [6, 6.07) is 68.7. The van der Waals surface area contributed by atoms with Crippen LogP contribution in [0.25, 0.3) is 111 Å². The molecular weight excluding hydrogens is 697 g/mol. The van der Waals surface area contributed by atoms with Gasteiger partial charge in [-0.2, -0.15) is 0 Å². The van der Waals surface area contributed by atoms with Crippen molar-refractivity contribution in [1.29, 1.82) is 0 Å². The zero-order valence-corrected chi connectivity index (χ0v) is 30.7. The predicted octanol–water partition coefficient (Wildman–Crippen LogP) is 13.6. The minimum absolute atomic E-state index is 0.658. The van der Waals surface area contributed by atoms with Crippen LogP contribution in [-0.2, 0) is 0 Å². The van der Waals surface area contributed by atoms with E-state index >= 15 is 0 Å². The first-order chi connectivity index (χ1) is 28.3. The first-order valence-corrected chi connectivity index (χ1v) is 19.2. The lowest BCUT2D eigenvalue weighted by Gasteiger charge is -2.12. The van der Waals surface area contributed by atoms with Gasteiger partial charge in [-0.1, -0.05) is 140 Å². The minimum Gasteiger partial charge on any atom is -0.450 e. The first-order valence-electron chi connectivity index (χ1n) is 19.2. The third-order valence-electron chi connectivity index (χ3n) is 11.3. The molecule has 0 fully saturated rings. The van der Waals surface area contributed by atoms with Crippen molar-refractivity contribution in [3.63, 3.8) is 0 Å². The van der Waals surface area contributed by atoms with Crippen LogP contribution < -0.4 is 0 Å². The molecule has 0 aliphatic carbocycles. The predicted molar refractivity (Wildman–Crippen MR) is 234 cm³/mol. The van der Waals surface area contributed by atoms with E-state index < -0.39 is 0 Å². The second-order valence-corrected chi connectivity index (χ2v) is 14.6. The molecule has 0 spiro atoms. The number of para-hydroxylation sites is 3. The summed E-state index contributed by atoms with van der Waals surface area (Å²) in [6.07, 6.45) is 0. The van der Waals surface area contributed by atoms with E-state index in [1.54, 1.807) is 0 Å². The lowest BCUT2D eigenvalue weighted by atomic mass is 10.0. The van der Waals surface area contributed by atoms with E-state index in [1.807, 2.05) is 36.4 Å². The topological polar surface area (TPSA) is 48.8 Å². The van der Waals surface area contributed by atoms with Crippen molar-refractivity contribution in [3.05, 3.63) is 194 Å². The van der Waals surface area contributed by atoms with Crippen molar-refractivity contribution in [2.75, 3.05) is 0 Å². The van der Waals surface area contributed by atoms with Gasteiger partial charge >= 0.3 is 0 Å². The molecule has 0 amide bonds. The number of hydrogen-bond donors (Lipinski definition) is 0. The number of furan rings is 1. The van der Waals surface area contributed by atoms with Crippen molar-refractivity contribution in [1.82, 2.24) is 19.1 Å². The average Bonchev–Trinajstić information content (AvgIpc) is 3.94. The van der Waals surface area contributed by atoms with E-state index in [0.717, 1.165) is 66.5 Å². The summed E-state index contributed by atoms with van der Waals surface area (Å²) in [5.41, 5.74) is 13.5. The molecule has 0 aliphatic heterocycles. The maximum Gasteiger partial charge on any atom is 0.197 e. The highest BCUT2D eigenvalue weighted by atomic mass is 16.3. The van der Waals surface area contributed by atoms with Gasteiger partial charge in [0.15, 0.2) is 17.2 Å². The standard InChI is InChI=1S/C52H32N4O/c1-3-14-33(15-4-1)35-18-13-19-38(30-35)55-44-23-10-7-20-39(44)41-28-26-37(32-47(41)55)36-27-29-46-43(31-36)40-21-8-11-24-45(40)56(46)52-50-49(42-22-9-12-25-48(42)57-50)53-51(54-52)34-16-5-2-6-17-34/h1-32H. The molecule has 0 radical (unpaired) electrons. The zero-order chi connectivity index (χ0) is 37.5. The number of aromatic nitrogens is 4. The molecule has 0 unspecified atom stereocenters. The average molecular weight is 729 g/mol. The molecule has 0 saturated heterocycles. The van der Waals surface area contributed by atoms with Gasteiger partial charge in [-0.15, -0.1) is 0 Å². The molecule has 0 saturated carbocycles. The Hall–Kier alpha value is -7.76. The van der Waals surface area contributed by atoms with Crippen molar-refractivity contribution in [2.24, 2.45) is 0 Å². The van der Waals surface area contributed by atoms with Crippen LogP contribution in [0.3, 0.4) is 0 Å². The van der Waals surface area contributed by atoms with Crippen LogP contribution in [0, 0.1) is 0 Å². The Morgan fingerprint density at radius 1 is 0.351 bits per heavy atom. The van der Waals surface area contributed by atoms with Gasteiger partial charge in [0.25, 0.3) is 0 Å². The van der Waals surface area contributed by atoms with E-state index in [1.165, 1.54) is 32.9 Å². The Kier molecular flexibility index (Phi) is 6.86. The summed E-state index contributed by atoms with van der Waals surface area (Å²) in [7, 11) is 0. The molecule has 5 heteroatoms. The molecule has 8 aromatic carbocycles. The molecule has 5 nitrogen and oxygen atoms in total. The number of hydrogen-bond acceptors (Lipinski definition) is 3. The Bertz CT molecular complexity index is 3520. The second kappa shape index (κ2) is 12.4. The van der Waals surface area contributed by atoms with Gasteiger partial charge < -0.3 is 8.98 Å². The Morgan fingerprint density at radius 2 is 0.930 bits per heavy atom. The van der Waals surface area contributed by atoms with Crippen LogP contribution >= 0.6 is 0 Å².